The van der Waals surface area contributed by atoms with E-state index < -0.39 is 0 Å². The third kappa shape index (κ3) is 4.86. The summed E-state index contributed by atoms with van der Waals surface area (Å²) in [6.07, 6.45) is 0. The number of halogens is 1. The zero-order valence-corrected chi connectivity index (χ0v) is 12.7. The van der Waals surface area contributed by atoms with Crippen LogP contribution in [-0.4, -0.2) is 26.6 Å². The first kappa shape index (κ1) is 16.0. The Morgan fingerprint density at radius 3 is 2.36 bits per heavy atom. The zero-order valence-electron chi connectivity index (χ0n) is 12.7. The number of nitrogens with one attached hydrogen (secondary N) is 2. The van der Waals surface area contributed by atoms with Gasteiger partial charge in [-0.2, -0.15) is 0 Å². The molecule has 0 aromatic heterocycles. The minimum absolute atomic E-state index is 0.0994. The lowest BCUT2D eigenvalue weighted by atomic mass is 10.2. The smallest absolute Gasteiger partial charge is 0.279 e. The van der Waals surface area contributed by atoms with Crippen LogP contribution in [0.2, 0.25) is 0 Å². The molecule has 1 amide bonds. The highest BCUT2D eigenvalue weighted by Gasteiger charge is 2.11. The van der Waals surface area contributed by atoms with Gasteiger partial charge in [-0.3, -0.25) is 4.79 Å². The summed E-state index contributed by atoms with van der Waals surface area (Å²) in [6, 6.07) is 13.5. The van der Waals surface area contributed by atoms with Gasteiger partial charge in [0.05, 0.1) is 14.2 Å². The lowest BCUT2D eigenvalue weighted by molar-refractivity contribution is -0.885. The van der Waals surface area contributed by atoms with E-state index >= 15 is 0 Å². The third-order valence-electron chi connectivity index (χ3n) is 3.26. The van der Waals surface area contributed by atoms with Crippen molar-refractivity contribution in [3.8, 4) is 5.75 Å². The second-order valence-corrected chi connectivity index (χ2v) is 5.21. The molecule has 0 radical (unpaired) electrons. The quantitative estimate of drug-likeness (QED) is 0.849. The number of amides is 1. The monoisotopic (exact) mass is 303 g/mol. The number of hydrogen-bond donors (Lipinski definition) is 2. The topological polar surface area (TPSA) is 42.8 Å². The van der Waals surface area contributed by atoms with Crippen LogP contribution in [-0.2, 0) is 11.3 Å². The molecule has 2 N–H and O–H groups in total. The first-order valence-corrected chi connectivity index (χ1v) is 7.06. The second kappa shape index (κ2) is 7.56. The van der Waals surface area contributed by atoms with Crippen LogP contribution in [0.5, 0.6) is 5.75 Å². The number of hydrogen-bond acceptors (Lipinski definition) is 2. The minimum Gasteiger partial charge on any atom is -0.497 e. The molecule has 22 heavy (non-hydrogen) atoms. The molecule has 0 aliphatic heterocycles. The van der Waals surface area contributed by atoms with Crippen LogP contribution in [0.4, 0.5) is 10.1 Å². The number of rotatable bonds is 6. The van der Waals surface area contributed by atoms with E-state index in [1.54, 1.807) is 19.2 Å². The first-order chi connectivity index (χ1) is 10.6. The molecule has 0 saturated carbocycles. The number of methoxy groups -OCH3 is 1. The van der Waals surface area contributed by atoms with Crippen LogP contribution in [0.3, 0.4) is 0 Å². The Kier molecular flexibility index (Phi) is 5.49. The van der Waals surface area contributed by atoms with E-state index in [-0.39, 0.29) is 11.7 Å². The first-order valence-electron chi connectivity index (χ1n) is 7.06. The fraction of sp³-hybridized carbons (Fsp3) is 0.235. The van der Waals surface area contributed by atoms with Gasteiger partial charge in [-0.25, -0.2) is 4.39 Å². The SMILES string of the molecule is COc1ccc(C[NH+](C)CC(=O)Nc2ccc(F)cc2)cc1. The van der Waals surface area contributed by atoms with Crippen LogP contribution < -0.4 is 15.0 Å². The van der Waals surface area contributed by atoms with Gasteiger partial charge in [0, 0.05) is 11.3 Å². The summed E-state index contributed by atoms with van der Waals surface area (Å²) >= 11 is 0. The molecule has 0 saturated heterocycles. The number of carbonyl (C=O) groups is 1. The standard InChI is InChI=1S/C17H19FN2O2/c1-20(11-13-3-9-16(22-2)10-4-13)12-17(21)19-15-7-5-14(18)6-8-15/h3-10H,11-12H2,1-2H3,(H,19,21)/p+1. The molecule has 0 aliphatic rings. The van der Waals surface area contributed by atoms with Crippen molar-refractivity contribution < 1.29 is 18.8 Å². The van der Waals surface area contributed by atoms with Crippen LogP contribution in [0.1, 0.15) is 5.56 Å². The van der Waals surface area contributed by atoms with Gasteiger partial charge in [-0.15, -0.1) is 0 Å². The Bertz CT molecular complexity index is 612. The lowest BCUT2D eigenvalue weighted by Crippen LogP contribution is -3.08. The summed E-state index contributed by atoms with van der Waals surface area (Å²) in [5, 5.41) is 2.76. The Morgan fingerprint density at radius 1 is 1.14 bits per heavy atom. The normalized spacial score (nSPS) is 11.8. The molecule has 1 unspecified atom stereocenters. The largest absolute Gasteiger partial charge is 0.497 e. The summed E-state index contributed by atoms with van der Waals surface area (Å²) in [5.74, 6) is 0.397. The van der Waals surface area contributed by atoms with Gasteiger partial charge in [0.15, 0.2) is 6.54 Å². The van der Waals surface area contributed by atoms with Crippen molar-refractivity contribution in [2.45, 2.75) is 6.54 Å². The molecule has 4 nitrogen and oxygen atoms in total. The van der Waals surface area contributed by atoms with Gasteiger partial charge in [0.25, 0.3) is 5.91 Å². The van der Waals surface area contributed by atoms with E-state index in [0.717, 1.165) is 22.8 Å². The van der Waals surface area contributed by atoms with Gasteiger partial charge < -0.3 is 15.0 Å². The van der Waals surface area contributed by atoms with Crippen molar-refractivity contribution in [2.24, 2.45) is 0 Å². The van der Waals surface area contributed by atoms with E-state index in [1.165, 1.54) is 12.1 Å². The second-order valence-electron chi connectivity index (χ2n) is 5.21. The minimum atomic E-state index is -0.319. The lowest BCUT2D eigenvalue weighted by Gasteiger charge is -2.14. The third-order valence-corrected chi connectivity index (χ3v) is 3.26. The van der Waals surface area contributed by atoms with E-state index in [4.69, 9.17) is 4.74 Å². The zero-order chi connectivity index (χ0) is 15.9. The molecule has 2 rings (SSSR count). The summed E-state index contributed by atoms with van der Waals surface area (Å²) in [4.78, 5) is 13.0. The van der Waals surface area contributed by atoms with Crippen molar-refractivity contribution in [2.75, 3.05) is 26.0 Å². The Morgan fingerprint density at radius 2 is 1.77 bits per heavy atom. The van der Waals surface area contributed by atoms with Crippen LogP contribution >= 0.6 is 0 Å². The number of anilines is 1. The van der Waals surface area contributed by atoms with Gasteiger partial charge in [-0.1, -0.05) is 0 Å². The van der Waals surface area contributed by atoms with E-state index in [1.807, 2.05) is 31.3 Å². The number of quaternary nitrogens is 1. The molecule has 0 fully saturated rings. The van der Waals surface area contributed by atoms with Crippen molar-refractivity contribution in [1.29, 1.82) is 0 Å². The summed E-state index contributed by atoms with van der Waals surface area (Å²) in [7, 11) is 3.58. The molecule has 0 bridgehead atoms. The number of likely N-dealkylation sites (N-methyl/N-ethyl adjacent to an activating group) is 1. The molecular weight excluding hydrogens is 283 g/mol. The van der Waals surface area contributed by atoms with Crippen molar-refractivity contribution >= 4 is 11.6 Å². The maximum atomic E-state index is 12.8. The molecule has 2 aromatic carbocycles. The van der Waals surface area contributed by atoms with E-state index in [2.05, 4.69) is 5.32 Å². The Hall–Kier alpha value is -2.40. The fourth-order valence-corrected chi connectivity index (χ4v) is 2.17. The van der Waals surface area contributed by atoms with Crippen molar-refractivity contribution in [1.82, 2.24) is 0 Å². The average molecular weight is 303 g/mol. The van der Waals surface area contributed by atoms with Crippen molar-refractivity contribution in [3.05, 3.63) is 59.9 Å². The average Bonchev–Trinajstić information content (AvgIpc) is 2.50. The van der Waals surface area contributed by atoms with Crippen LogP contribution in [0, 0.1) is 5.82 Å². The molecule has 116 valence electrons. The summed E-state index contributed by atoms with van der Waals surface area (Å²) in [6.45, 7) is 1.07. The number of carbonyl (C=O) groups excluding carboxylic acids is 1. The highest BCUT2D eigenvalue weighted by Crippen LogP contribution is 2.10. The molecular formula is C17H20FN2O2+. The molecule has 1 atom stereocenters. The Balaban J connectivity index is 1.83. The maximum Gasteiger partial charge on any atom is 0.279 e. The highest BCUT2D eigenvalue weighted by atomic mass is 19.1. The molecule has 2 aromatic rings. The number of ether oxygens (including phenoxy) is 1. The molecule has 5 heteroatoms. The predicted octanol–water partition coefficient (Wildman–Crippen LogP) is 1.49. The maximum absolute atomic E-state index is 12.8. The van der Waals surface area contributed by atoms with Gasteiger partial charge in [0.1, 0.15) is 18.1 Å². The Labute approximate surface area is 129 Å². The highest BCUT2D eigenvalue weighted by molar-refractivity contribution is 5.91. The van der Waals surface area contributed by atoms with Gasteiger partial charge in [0.2, 0.25) is 0 Å². The molecule has 0 spiro atoms. The molecule has 0 heterocycles. The number of benzene rings is 2. The summed E-state index contributed by atoms with van der Waals surface area (Å²) < 4.78 is 17.9. The van der Waals surface area contributed by atoms with Gasteiger partial charge in [-0.05, 0) is 48.5 Å². The fourth-order valence-electron chi connectivity index (χ4n) is 2.17. The van der Waals surface area contributed by atoms with Crippen LogP contribution in [0.15, 0.2) is 48.5 Å². The van der Waals surface area contributed by atoms with Crippen LogP contribution in [0.25, 0.3) is 0 Å². The predicted molar refractivity (Wildman–Crippen MR) is 83.5 cm³/mol. The summed E-state index contributed by atoms with van der Waals surface area (Å²) in [5.41, 5.74) is 1.73. The van der Waals surface area contributed by atoms with E-state index in [9.17, 15) is 9.18 Å². The van der Waals surface area contributed by atoms with Gasteiger partial charge >= 0.3 is 0 Å². The molecule has 0 aliphatic carbocycles. The van der Waals surface area contributed by atoms with E-state index in [0.29, 0.717) is 12.2 Å². The van der Waals surface area contributed by atoms with Crippen molar-refractivity contribution in [3.63, 3.8) is 0 Å².